The summed E-state index contributed by atoms with van der Waals surface area (Å²) in [5.74, 6) is -0.358. The minimum absolute atomic E-state index is 0.117. The molecule has 0 bridgehead atoms. The molecule has 0 spiro atoms. The van der Waals surface area contributed by atoms with Crippen LogP contribution < -0.4 is 10.2 Å². The summed E-state index contributed by atoms with van der Waals surface area (Å²) in [6, 6.07) is 21.7. The van der Waals surface area contributed by atoms with Crippen molar-refractivity contribution < 1.29 is 18.7 Å². The van der Waals surface area contributed by atoms with Crippen molar-refractivity contribution in [2.45, 2.75) is 6.42 Å². The highest BCUT2D eigenvalue weighted by molar-refractivity contribution is 9.10. The van der Waals surface area contributed by atoms with E-state index in [1.54, 1.807) is 30.3 Å². The molecule has 1 aromatic heterocycles. The van der Waals surface area contributed by atoms with Gasteiger partial charge in [0.1, 0.15) is 5.75 Å². The number of amides is 1. The van der Waals surface area contributed by atoms with Gasteiger partial charge in [-0.3, -0.25) is 4.79 Å². The number of nitrogens with one attached hydrogen (secondary N) is 1. The van der Waals surface area contributed by atoms with E-state index in [2.05, 4.69) is 26.5 Å². The third-order valence-electron chi connectivity index (χ3n) is 4.51. The maximum atomic E-state index is 12.4. The van der Waals surface area contributed by atoms with Gasteiger partial charge < -0.3 is 9.15 Å². The zero-order valence-electron chi connectivity index (χ0n) is 16.2. The molecule has 1 N–H and O–H groups in total. The molecule has 0 aliphatic rings. The molecule has 3 aromatic carbocycles. The minimum atomic E-state index is -0.589. The number of carbonyl (C=O) groups excluding carboxylic acids is 2. The van der Waals surface area contributed by atoms with E-state index in [9.17, 15) is 9.59 Å². The van der Waals surface area contributed by atoms with Gasteiger partial charge in [0.25, 0.3) is 0 Å². The van der Waals surface area contributed by atoms with Crippen LogP contribution in [0.3, 0.4) is 0 Å². The van der Waals surface area contributed by atoms with Gasteiger partial charge in [0, 0.05) is 4.47 Å². The van der Waals surface area contributed by atoms with E-state index in [1.807, 2.05) is 36.4 Å². The van der Waals surface area contributed by atoms with Crippen LogP contribution in [0.2, 0.25) is 0 Å². The number of ether oxygens (including phenoxy) is 1. The Morgan fingerprint density at radius 2 is 1.84 bits per heavy atom. The van der Waals surface area contributed by atoms with Crippen molar-refractivity contribution in [3.8, 4) is 5.75 Å². The van der Waals surface area contributed by atoms with Crippen LogP contribution in [0.4, 0.5) is 0 Å². The normalized spacial score (nSPS) is 11.0. The second-order valence-corrected chi connectivity index (χ2v) is 7.52. The Morgan fingerprint density at radius 1 is 1.00 bits per heavy atom. The van der Waals surface area contributed by atoms with Crippen molar-refractivity contribution in [3.63, 3.8) is 0 Å². The standard InChI is InChI=1S/C24H17BrN2O4/c25-21-11-10-17(19-7-1-2-8-20(19)21)14-23(28)27-26-15-16-5-3-6-18(13-16)31-24(29)22-9-4-12-30-22/h1-13,15H,14H2,(H,27,28)/b26-15+. The van der Waals surface area contributed by atoms with Gasteiger partial charge in [-0.1, -0.05) is 58.4 Å². The lowest BCUT2D eigenvalue weighted by Crippen LogP contribution is -2.19. The SMILES string of the molecule is O=C(Cc1ccc(Br)c2ccccc12)N/N=C/c1cccc(OC(=O)c2ccco2)c1. The highest BCUT2D eigenvalue weighted by atomic mass is 79.9. The van der Waals surface area contributed by atoms with E-state index in [0.29, 0.717) is 11.3 Å². The number of carbonyl (C=O) groups is 2. The predicted molar refractivity (Wildman–Crippen MR) is 121 cm³/mol. The van der Waals surface area contributed by atoms with Gasteiger partial charge in [0.2, 0.25) is 11.7 Å². The fourth-order valence-corrected chi connectivity index (χ4v) is 3.56. The summed E-state index contributed by atoms with van der Waals surface area (Å²) in [5, 5.41) is 6.08. The van der Waals surface area contributed by atoms with Gasteiger partial charge in [-0.05, 0) is 52.2 Å². The Kier molecular flexibility index (Phi) is 6.24. The first-order chi connectivity index (χ1) is 15.1. The number of hydrogen-bond acceptors (Lipinski definition) is 5. The maximum absolute atomic E-state index is 12.4. The van der Waals surface area contributed by atoms with Gasteiger partial charge in [0.15, 0.2) is 0 Å². The molecule has 7 heteroatoms. The summed E-state index contributed by atoms with van der Waals surface area (Å²) in [6.45, 7) is 0. The Labute approximate surface area is 186 Å². The van der Waals surface area contributed by atoms with Crippen molar-refractivity contribution >= 4 is 44.8 Å². The fraction of sp³-hybridized carbons (Fsp3) is 0.0417. The molecule has 0 saturated heterocycles. The lowest BCUT2D eigenvalue weighted by atomic mass is 10.0. The average molecular weight is 477 g/mol. The van der Waals surface area contributed by atoms with E-state index in [1.165, 1.54) is 18.5 Å². The first kappa shape index (κ1) is 20.6. The Balaban J connectivity index is 1.38. The molecular weight excluding hydrogens is 460 g/mol. The first-order valence-corrected chi connectivity index (χ1v) is 10.2. The molecule has 6 nitrogen and oxygen atoms in total. The van der Waals surface area contributed by atoms with E-state index in [-0.39, 0.29) is 18.1 Å². The van der Waals surface area contributed by atoms with Crippen LogP contribution in [0, 0.1) is 0 Å². The van der Waals surface area contributed by atoms with E-state index in [4.69, 9.17) is 9.15 Å². The van der Waals surface area contributed by atoms with Crippen molar-refractivity contribution in [3.05, 3.63) is 100 Å². The first-order valence-electron chi connectivity index (χ1n) is 9.44. The molecule has 4 aromatic rings. The van der Waals surface area contributed by atoms with Gasteiger partial charge in [-0.2, -0.15) is 5.10 Å². The second-order valence-electron chi connectivity index (χ2n) is 6.66. The number of esters is 1. The van der Waals surface area contributed by atoms with Crippen LogP contribution in [0.1, 0.15) is 21.7 Å². The monoisotopic (exact) mass is 476 g/mol. The minimum Gasteiger partial charge on any atom is -0.457 e. The second kappa shape index (κ2) is 9.40. The number of benzene rings is 3. The summed E-state index contributed by atoms with van der Waals surface area (Å²) < 4.78 is 11.3. The molecule has 4 rings (SSSR count). The van der Waals surface area contributed by atoms with Gasteiger partial charge in [-0.25, -0.2) is 10.2 Å². The maximum Gasteiger partial charge on any atom is 0.379 e. The van der Waals surface area contributed by atoms with Crippen molar-refractivity contribution in [1.29, 1.82) is 0 Å². The Bertz CT molecular complexity index is 1270. The third kappa shape index (κ3) is 5.07. The number of hydrazone groups is 1. The Hall–Kier alpha value is -3.71. The van der Waals surface area contributed by atoms with Gasteiger partial charge >= 0.3 is 5.97 Å². The van der Waals surface area contributed by atoms with E-state index in [0.717, 1.165) is 20.8 Å². The number of hydrogen-bond donors (Lipinski definition) is 1. The largest absolute Gasteiger partial charge is 0.457 e. The molecule has 0 aliphatic carbocycles. The van der Waals surface area contributed by atoms with Gasteiger partial charge in [0.05, 0.1) is 18.9 Å². The lowest BCUT2D eigenvalue weighted by Gasteiger charge is -2.07. The summed E-state index contributed by atoms with van der Waals surface area (Å²) in [6.07, 6.45) is 3.09. The fourth-order valence-electron chi connectivity index (χ4n) is 3.08. The zero-order valence-corrected chi connectivity index (χ0v) is 17.8. The number of rotatable bonds is 6. The lowest BCUT2D eigenvalue weighted by molar-refractivity contribution is -0.120. The highest BCUT2D eigenvalue weighted by Crippen LogP contribution is 2.27. The molecule has 1 amide bonds. The van der Waals surface area contributed by atoms with Crippen LogP contribution in [0.25, 0.3) is 10.8 Å². The molecule has 0 saturated carbocycles. The van der Waals surface area contributed by atoms with Crippen LogP contribution in [0.15, 0.2) is 93.1 Å². The van der Waals surface area contributed by atoms with Crippen LogP contribution in [-0.2, 0) is 11.2 Å². The van der Waals surface area contributed by atoms with Crippen molar-refractivity contribution in [2.75, 3.05) is 0 Å². The molecular formula is C24H17BrN2O4. The van der Waals surface area contributed by atoms with Gasteiger partial charge in [-0.15, -0.1) is 0 Å². The van der Waals surface area contributed by atoms with Crippen molar-refractivity contribution in [1.82, 2.24) is 5.43 Å². The third-order valence-corrected chi connectivity index (χ3v) is 5.20. The number of halogens is 1. The number of nitrogens with zero attached hydrogens (tertiary/aromatic N) is 1. The molecule has 0 radical (unpaired) electrons. The van der Waals surface area contributed by atoms with Crippen LogP contribution >= 0.6 is 15.9 Å². The molecule has 0 fully saturated rings. The summed E-state index contributed by atoms with van der Waals surface area (Å²) in [5.41, 5.74) is 4.12. The molecule has 0 unspecified atom stereocenters. The summed E-state index contributed by atoms with van der Waals surface area (Å²) >= 11 is 3.54. The molecule has 31 heavy (non-hydrogen) atoms. The number of furan rings is 1. The topological polar surface area (TPSA) is 80.9 Å². The Morgan fingerprint density at radius 3 is 2.65 bits per heavy atom. The highest BCUT2D eigenvalue weighted by Gasteiger charge is 2.11. The van der Waals surface area contributed by atoms with Crippen LogP contribution in [-0.4, -0.2) is 18.1 Å². The molecule has 154 valence electrons. The van der Waals surface area contributed by atoms with E-state index >= 15 is 0 Å². The smallest absolute Gasteiger partial charge is 0.379 e. The molecule has 0 aliphatic heterocycles. The average Bonchev–Trinajstić information content (AvgIpc) is 3.31. The van der Waals surface area contributed by atoms with E-state index < -0.39 is 5.97 Å². The summed E-state index contributed by atoms with van der Waals surface area (Å²) in [4.78, 5) is 24.3. The predicted octanol–water partition coefficient (Wildman–Crippen LogP) is 5.11. The zero-order chi connectivity index (χ0) is 21.6. The molecule has 0 atom stereocenters. The summed E-state index contributed by atoms with van der Waals surface area (Å²) in [7, 11) is 0. The molecule has 1 heterocycles. The number of fused-ring (bicyclic) bond motifs is 1. The van der Waals surface area contributed by atoms with Crippen molar-refractivity contribution in [2.24, 2.45) is 5.10 Å². The quantitative estimate of drug-likeness (QED) is 0.181. The van der Waals surface area contributed by atoms with Crippen LogP contribution in [0.5, 0.6) is 5.75 Å².